The lowest BCUT2D eigenvalue weighted by Crippen LogP contribution is -2.40. The highest BCUT2D eigenvalue weighted by Gasteiger charge is 2.37. The molecule has 1 aliphatic heterocycles. The molecule has 0 unspecified atom stereocenters. The first-order chi connectivity index (χ1) is 14.2. The fourth-order valence-electron chi connectivity index (χ4n) is 3.20. The van der Waals surface area contributed by atoms with Gasteiger partial charge in [-0.05, 0) is 43.2 Å². The van der Waals surface area contributed by atoms with Gasteiger partial charge in [0.1, 0.15) is 0 Å². The monoisotopic (exact) mass is 450 g/mol. The molecule has 0 spiro atoms. The van der Waals surface area contributed by atoms with Crippen LogP contribution in [0.25, 0.3) is 0 Å². The maximum absolute atomic E-state index is 13.4. The molecular weight excluding hydrogens is 432 g/mol. The van der Waals surface area contributed by atoms with Crippen LogP contribution in [0.3, 0.4) is 0 Å². The molecule has 0 radical (unpaired) electrons. The van der Waals surface area contributed by atoms with E-state index >= 15 is 0 Å². The largest absolute Gasteiger partial charge is 0.463 e. The van der Waals surface area contributed by atoms with E-state index in [1.54, 1.807) is 37.3 Å². The predicted molar refractivity (Wildman–Crippen MR) is 111 cm³/mol. The fraction of sp³-hybridized carbons (Fsp3) is 0.250. The molecule has 2 aromatic carbocycles. The minimum Gasteiger partial charge on any atom is -0.463 e. The third kappa shape index (κ3) is 4.53. The van der Waals surface area contributed by atoms with Crippen LogP contribution in [0.15, 0.2) is 65.1 Å². The zero-order valence-corrected chi connectivity index (χ0v) is 17.6. The number of non-ortho nitro benzene ring substituents is 1. The Balaban J connectivity index is 2.02. The van der Waals surface area contributed by atoms with E-state index in [0.29, 0.717) is 10.6 Å². The number of rotatable bonds is 6. The van der Waals surface area contributed by atoms with Crippen molar-refractivity contribution in [1.29, 1.82) is 0 Å². The maximum Gasteiger partial charge on any atom is 0.335 e. The second-order valence-electron chi connectivity index (χ2n) is 6.55. The molecule has 0 fully saturated rings. The third-order valence-corrected chi connectivity index (χ3v) is 6.83. The normalized spacial score (nSPS) is 17.3. The maximum atomic E-state index is 13.4. The Morgan fingerprint density at radius 1 is 1.20 bits per heavy atom. The van der Waals surface area contributed by atoms with Gasteiger partial charge in [0.25, 0.3) is 5.69 Å². The highest BCUT2D eigenvalue weighted by Crippen LogP contribution is 2.36. The van der Waals surface area contributed by atoms with Gasteiger partial charge in [-0.3, -0.25) is 10.1 Å². The van der Waals surface area contributed by atoms with Crippen molar-refractivity contribution in [2.24, 2.45) is 0 Å². The van der Waals surface area contributed by atoms with Crippen LogP contribution in [-0.2, 0) is 19.6 Å². The van der Waals surface area contributed by atoms with E-state index in [9.17, 15) is 23.3 Å². The average Bonchev–Trinajstić information content (AvgIpc) is 2.74. The highest BCUT2D eigenvalue weighted by atomic mass is 35.5. The lowest BCUT2D eigenvalue weighted by molar-refractivity contribution is -0.384. The Bertz CT molecular complexity index is 1080. The fourth-order valence-corrected chi connectivity index (χ4v) is 4.93. The van der Waals surface area contributed by atoms with Gasteiger partial charge in [0, 0.05) is 29.3 Å². The zero-order chi connectivity index (χ0) is 21.9. The Kier molecular flexibility index (Phi) is 6.55. The lowest BCUT2D eigenvalue weighted by Gasteiger charge is -2.34. The smallest absolute Gasteiger partial charge is 0.335 e. The second kappa shape index (κ2) is 8.95. The number of nitrogens with zero attached hydrogens (tertiary/aromatic N) is 2. The third-order valence-electron chi connectivity index (χ3n) is 4.71. The number of carbonyl (C=O) groups is 1. The topological polar surface area (TPSA) is 107 Å². The van der Waals surface area contributed by atoms with Gasteiger partial charge in [-0.2, -0.15) is 4.31 Å². The first-order valence-corrected chi connectivity index (χ1v) is 10.9. The van der Waals surface area contributed by atoms with Gasteiger partial charge in [0.2, 0.25) is 10.0 Å². The van der Waals surface area contributed by atoms with E-state index in [2.05, 4.69) is 0 Å². The lowest BCUT2D eigenvalue weighted by atomic mass is 9.98. The summed E-state index contributed by atoms with van der Waals surface area (Å²) in [6.45, 7) is 1.67. The molecule has 8 nitrogen and oxygen atoms in total. The molecule has 3 rings (SSSR count). The van der Waals surface area contributed by atoms with Crippen molar-refractivity contribution in [2.75, 3.05) is 13.2 Å². The van der Waals surface area contributed by atoms with Gasteiger partial charge in [0.15, 0.2) is 0 Å². The Morgan fingerprint density at radius 3 is 2.40 bits per heavy atom. The summed E-state index contributed by atoms with van der Waals surface area (Å²) < 4.78 is 33.0. The minimum atomic E-state index is -4.06. The second-order valence-corrected chi connectivity index (χ2v) is 8.88. The molecule has 30 heavy (non-hydrogen) atoms. The van der Waals surface area contributed by atoms with Gasteiger partial charge in [-0.1, -0.05) is 29.8 Å². The molecular formula is C20H19ClN2O6S. The highest BCUT2D eigenvalue weighted by molar-refractivity contribution is 7.89. The van der Waals surface area contributed by atoms with Crippen molar-refractivity contribution < 1.29 is 22.9 Å². The number of esters is 1. The molecule has 0 N–H and O–H groups in total. The van der Waals surface area contributed by atoms with E-state index in [-0.39, 0.29) is 35.7 Å². The average molecular weight is 451 g/mol. The molecule has 0 amide bonds. The predicted octanol–water partition coefficient (Wildman–Crippen LogP) is 3.87. The van der Waals surface area contributed by atoms with Crippen molar-refractivity contribution >= 4 is 33.3 Å². The molecule has 1 aliphatic rings. The number of nitro benzene ring substituents is 1. The van der Waals surface area contributed by atoms with Crippen molar-refractivity contribution in [3.63, 3.8) is 0 Å². The number of halogens is 1. The molecule has 0 aromatic heterocycles. The SMILES string of the molecule is CCOC(=O)C1=CC[C@H](c2ccc(Cl)cc2)N(S(=O)(=O)c2ccc([N+](=O)[O-])cc2)C1. The molecule has 0 bridgehead atoms. The van der Waals surface area contributed by atoms with Gasteiger partial charge in [-0.25, -0.2) is 13.2 Å². The van der Waals surface area contributed by atoms with E-state index in [4.69, 9.17) is 16.3 Å². The summed E-state index contributed by atoms with van der Waals surface area (Å²) in [6.07, 6.45) is 1.95. The van der Waals surface area contributed by atoms with Gasteiger partial charge >= 0.3 is 5.97 Å². The van der Waals surface area contributed by atoms with E-state index in [1.807, 2.05) is 0 Å². The summed E-state index contributed by atoms with van der Waals surface area (Å²) in [5.74, 6) is -0.573. The van der Waals surface area contributed by atoms with E-state index < -0.39 is 27.0 Å². The number of ether oxygens (including phenoxy) is 1. The van der Waals surface area contributed by atoms with Crippen LogP contribution in [0.5, 0.6) is 0 Å². The van der Waals surface area contributed by atoms with E-state index in [1.165, 1.54) is 16.4 Å². The van der Waals surface area contributed by atoms with Crippen molar-refractivity contribution in [3.05, 3.63) is 80.9 Å². The molecule has 0 saturated heterocycles. The molecule has 0 saturated carbocycles. The van der Waals surface area contributed by atoms with Crippen LogP contribution in [0.2, 0.25) is 5.02 Å². The number of hydrogen-bond acceptors (Lipinski definition) is 6. The van der Waals surface area contributed by atoms with E-state index in [0.717, 1.165) is 12.1 Å². The molecule has 158 valence electrons. The van der Waals surface area contributed by atoms with Gasteiger partial charge in [-0.15, -0.1) is 0 Å². The zero-order valence-electron chi connectivity index (χ0n) is 16.0. The van der Waals surface area contributed by atoms with Crippen LogP contribution in [0.1, 0.15) is 24.9 Å². The first-order valence-electron chi connectivity index (χ1n) is 9.12. The van der Waals surface area contributed by atoms with Crippen molar-refractivity contribution in [3.8, 4) is 0 Å². The Labute approximate surface area is 178 Å². The van der Waals surface area contributed by atoms with Crippen LogP contribution < -0.4 is 0 Å². The minimum absolute atomic E-state index is 0.0998. The Morgan fingerprint density at radius 2 is 1.83 bits per heavy atom. The quantitative estimate of drug-likeness (QED) is 0.375. The summed E-state index contributed by atoms with van der Waals surface area (Å²) >= 11 is 5.95. The number of hydrogen-bond donors (Lipinski definition) is 0. The number of sulfonamides is 1. The summed E-state index contributed by atoms with van der Waals surface area (Å²) in [6, 6.07) is 10.9. The number of benzene rings is 2. The van der Waals surface area contributed by atoms with Crippen molar-refractivity contribution in [2.45, 2.75) is 24.3 Å². The molecule has 1 heterocycles. The molecule has 0 aliphatic carbocycles. The van der Waals surface area contributed by atoms with Gasteiger partial charge < -0.3 is 4.74 Å². The number of carbonyl (C=O) groups excluding carboxylic acids is 1. The molecule has 2 aromatic rings. The molecule has 10 heteroatoms. The summed E-state index contributed by atoms with van der Waals surface area (Å²) in [7, 11) is -4.06. The summed E-state index contributed by atoms with van der Waals surface area (Å²) in [5, 5.41) is 11.4. The van der Waals surface area contributed by atoms with Gasteiger partial charge in [0.05, 0.1) is 22.5 Å². The first kappa shape index (κ1) is 21.9. The van der Waals surface area contributed by atoms with Crippen LogP contribution in [0, 0.1) is 10.1 Å². The van der Waals surface area contributed by atoms with Crippen LogP contribution in [0.4, 0.5) is 5.69 Å². The summed E-state index contributed by atoms with van der Waals surface area (Å²) in [5.41, 5.74) is 0.741. The summed E-state index contributed by atoms with van der Waals surface area (Å²) in [4.78, 5) is 22.4. The standard InChI is InChI=1S/C20H19ClN2O6S/c1-2-29-20(24)15-5-12-19(14-3-6-16(21)7-4-14)22(13-15)30(27,28)18-10-8-17(9-11-18)23(25)26/h3-11,19H,2,12-13H2,1H3/t19-/m1/s1. The van der Waals surface area contributed by atoms with Crippen LogP contribution >= 0.6 is 11.6 Å². The molecule has 1 atom stereocenters. The Hall–Kier alpha value is -2.75. The van der Waals surface area contributed by atoms with Crippen molar-refractivity contribution in [1.82, 2.24) is 4.31 Å². The van der Waals surface area contributed by atoms with Crippen LogP contribution in [-0.4, -0.2) is 36.8 Å². The number of nitro groups is 1.